The van der Waals surface area contributed by atoms with Gasteiger partial charge in [0, 0.05) is 6.54 Å². The smallest absolute Gasteiger partial charge is 0.149 e. The van der Waals surface area contributed by atoms with Gasteiger partial charge in [0.2, 0.25) is 0 Å². The van der Waals surface area contributed by atoms with E-state index in [9.17, 15) is 9.90 Å². The highest BCUT2D eigenvalue weighted by Gasteiger charge is 2.44. The normalized spacial score (nSPS) is 22.2. The van der Waals surface area contributed by atoms with Gasteiger partial charge in [0.25, 0.3) is 0 Å². The third-order valence-corrected chi connectivity index (χ3v) is 3.92. The Morgan fingerprint density at radius 2 is 1.84 bits per heavy atom. The summed E-state index contributed by atoms with van der Waals surface area (Å²) in [5.41, 5.74) is 2.33. The molecule has 0 aliphatic carbocycles. The highest BCUT2D eigenvalue weighted by Crippen LogP contribution is 2.41. The molecule has 0 saturated carbocycles. The number of aldehydes is 1. The van der Waals surface area contributed by atoms with Gasteiger partial charge in [-0.15, -0.1) is 0 Å². The molecule has 1 atom stereocenters. The maximum Gasteiger partial charge on any atom is 0.149 e. The van der Waals surface area contributed by atoms with Gasteiger partial charge in [-0.2, -0.15) is 0 Å². The first kappa shape index (κ1) is 11.9. The van der Waals surface area contributed by atoms with Crippen LogP contribution in [0.1, 0.15) is 16.7 Å². The summed E-state index contributed by atoms with van der Waals surface area (Å²) in [5, 5.41) is 9.42. The van der Waals surface area contributed by atoms with Crippen molar-refractivity contribution in [3.63, 3.8) is 0 Å². The predicted molar refractivity (Wildman–Crippen MR) is 72.9 cm³/mol. The van der Waals surface area contributed by atoms with Gasteiger partial charge in [0.05, 0.1) is 0 Å². The summed E-state index contributed by atoms with van der Waals surface area (Å²) in [7, 11) is 1.95. The number of hydrogen-bond acceptors (Lipinski definition) is 3. The number of fused-ring (bicyclic) bond motifs is 1. The molecule has 0 fully saturated rings. The van der Waals surface area contributed by atoms with Crippen molar-refractivity contribution in [2.45, 2.75) is 12.1 Å². The van der Waals surface area contributed by atoms with Gasteiger partial charge in [0.1, 0.15) is 17.6 Å². The Hall–Kier alpha value is -2.13. The second-order valence-electron chi connectivity index (χ2n) is 4.94. The maximum absolute atomic E-state index is 11.9. The van der Waals surface area contributed by atoms with E-state index in [0.717, 1.165) is 24.0 Å². The number of phenolic OH excluding ortho intramolecular Hbond substituents is 1. The lowest BCUT2D eigenvalue weighted by Crippen LogP contribution is -2.41. The summed E-state index contributed by atoms with van der Waals surface area (Å²) < 4.78 is 0. The van der Waals surface area contributed by atoms with Crippen LogP contribution in [0.2, 0.25) is 0 Å². The number of phenols is 1. The molecule has 0 amide bonds. The fraction of sp³-hybridized carbons (Fsp3) is 0.188. The highest BCUT2D eigenvalue weighted by atomic mass is 16.3. The van der Waals surface area contributed by atoms with E-state index in [-0.39, 0.29) is 5.75 Å². The summed E-state index contributed by atoms with van der Waals surface area (Å²) in [5.74, 6) is 0.207. The largest absolute Gasteiger partial charge is 0.508 e. The van der Waals surface area contributed by atoms with Crippen molar-refractivity contribution in [3.8, 4) is 5.75 Å². The van der Waals surface area contributed by atoms with E-state index in [1.54, 1.807) is 12.1 Å². The van der Waals surface area contributed by atoms with Crippen LogP contribution in [0.3, 0.4) is 0 Å². The molecule has 1 heterocycles. The molecule has 1 unspecified atom stereocenters. The molecular formula is C16H15NO2. The van der Waals surface area contributed by atoms with E-state index in [2.05, 4.69) is 6.07 Å². The zero-order chi connectivity index (χ0) is 13.5. The third-order valence-electron chi connectivity index (χ3n) is 3.92. The van der Waals surface area contributed by atoms with E-state index < -0.39 is 5.54 Å². The average Bonchev–Trinajstić information content (AvgIpc) is 2.72. The summed E-state index contributed by atoms with van der Waals surface area (Å²) >= 11 is 0. The van der Waals surface area contributed by atoms with Crippen LogP contribution in [0.4, 0.5) is 0 Å². The van der Waals surface area contributed by atoms with Crippen LogP contribution in [0.25, 0.3) is 0 Å². The van der Waals surface area contributed by atoms with Gasteiger partial charge in [-0.1, -0.05) is 36.4 Å². The first-order chi connectivity index (χ1) is 9.18. The molecule has 0 spiro atoms. The van der Waals surface area contributed by atoms with Crippen molar-refractivity contribution >= 4 is 6.29 Å². The lowest BCUT2D eigenvalue weighted by atomic mass is 9.84. The van der Waals surface area contributed by atoms with Crippen LogP contribution < -0.4 is 0 Å². The fourth-order valence-corrected chi connectivity index (χ4v) is 2.93. The second-order valence-corrected chi connectivity index (χ2v) is 4.94. The minimum atomic E-state index is -0.746. The lowest BCUT2D eigenvalue weighted by molar-refractivity contribution is -0.115. The van der Waals surface area contributed by atoms with E-state index in [0.29, 0.717) is 0 Å². The first-order valence-corrected chi connectivity index (χ1v) is 6.24. The monoisotopic (exact) mass is 253 g/mol. The highest BCUT2D eigenvalue weighted by molar-refractivity contribution is 5.76. The third kappa shape index (κ3) is 1.59. The molecule has 96 valence electrons. The van der Waals surface area contributed by atoms with Crippen molar-refractivity contribution in [3.05, 3.63) is 65.2 Å². The molecule has 1 N–H and O–H groups in total. The number of hydrogen-bond donors (Lipinski definition) is 1. The molecule has 2 aromatic carbocycles. The maximum atomic E-state index is 11.9. The van der Waals surface area contributed by atoms with Crippen LogP contribution in [0.15, 0.2) is 48.5 Å². The van der Waals surface area contributed by atoms with Crippen molar-refractivity contribution in [2.75, 3.05) is 7.05 Å². The molecule has 0 aromatic heterocycles. The Morgan fingerprint density at radius 1 is 1.16 bits per heavy atom. The molecule has 3 nitrogen and oxygen atoms in total. The van der Waals surface area contributed by atoms with Gasteiger partial charge in [-0.05, 0) is 35.9 Å². The minimum Gasteiger partial charge on any atom is -0.508 e. The Balaban J connectivity index is 2.24. The summed E-state index contributed by atoms with van der Waals surface area (Å²) in [6.45, 7) is 0.746. The Bertz CT molecular complexity index is 621. The minimum absolute atomic E-state index is 0.207. The van der Waals surface area contributed by atoms with Gasteiger partial charge < -0.3 is 9.90 Å². The van der Waals surface area contributed by atoms with Crippen LogP contribution in [-0.2, 0) is 16.9 Å². The van der Waals surface area contributed by atoms with Gasteiger partial charge in [0.15, 0.2) is 0 Å². The molecule has 0 saturated heterocycles. The zero-order valence-electron chi connectivity index (χ0n) is 10.7. The number of carbonyl (C=O) groups excluding carboxylic acids is 1. The van der Waals surface area contributed by atoms with Gasteiger partial charge in [-0.3, -0.25) is 4.90 Å². The lowest BCUT2D eigenvalue weighted by Gasteiger charge is -2.32. The zero-order valence-corrected chi connectivity index (χ0v) is 10.7. The SMILES string of the molecule is CN1Cc2ccccc2C1(C=O)c1ccc(O)cc1. The van der Waals surface area contributed by atoms with E-state index in [1.807, 2.05) is 42.3 Å². The summed E-state index contributed by atoms with van der Waals surface area (Å²) in [6.07, 6.45) is 0.991. The molecule has 0 radical (unpaired) electrons. The van der Waals surface area contributed by atoms with Crippen LogP contribution in [-0.4, -0.2) is 23.3 Å². The van der Waals surface area contributed by atoms with E-state index >= 15 is 0 Å². The number of nitrogens with zero attached hydrogens (tertiary/aromatic N) is 1. The Morgan fingerprint density at radius 3 is 2.53 bits per heavy atom. The molecule has 1 aliphatic heterocycles. The van der Waals surface area contributed by atoms with Crippen LogP contribution in [0, 0.1) is 0 Å². The molecule has 1 aliphatic rings. The number of benzene rings is 2. The van der Waals surface area contributed by atoms with Crippen molar-refractivity contribution in [1.29, 1.82) is 0 Å². The molecule has 3 rings (SSSR count). The van der Waals surface area contributed by atoms with Crippen LogP contribution >= 0.6 is 0 Å². The topological polar surface area (TPSA) is 40.5 Å². The summed E-state index contributed by atoms with van der Waals surface area (Å²) in [6, 6.07) is 14.9. The number of carbonyl (C=O) groups is 1. The van der Waals surface area contributed by atoms with Gasteiger partial charge in [-0.25, -0.2) is 0 Å². The molecule has 0 bridgehead atoms. The average molecular weight is 253 g/mol. The molecule has 2 aromatic rings. The van der Waals surface area contributed by atoms with Gasteiger partial charge >= 0.3 is 0 Å². The number of rotatable bonds is 2. The second kappa shape index (κ2) is 4.21. The Labute approximate surface area is 112 Å². The quantitative estimate of drug-likeness (QED) is 0.835. The van der Waals surface area contributed by atoms with Crippen LogP contribution in [0.5, 0.6) is 5.75 Å². The molecule has 19 heavy (non-hydrogen) atoms. The number of likely N-dealkylation sites (N-methyl/N-ethyl adjacent to an activating group) is 1. The van der Waals surface area contributed by atoms with E-state index in [1.165, 1.54) is 5.56 Å². The van der Waals surface area contributed by atoms with Crippen molar-refractivity contribution in [2.24, 2.45) is 0 Å². The predicted octanol–water partition coefficient (Wildman–Crippen LogP) is 2.28. The standard InChI is InChI=1S/C16H15NO2/c1-17-10-12-4-2-3-5-15(12)16(17,11-18)13-6-8-14(19)9-7-13/h2-9,11,19H,10H2,1H3. The first-order valence-electron chi connectivity index (χ1n) is 6.24. The van der Waals surface area contributed by atoms with Crippen molar-refractivity contribution < 1.29 is 9.90 Å². The number of aromatic hydroxyl groups is 1. The molecule has 3 heteroatoms. The summed E-state index contributed by atoms with van der Waals surface area (Å²) in [4.78, 5) is 13.9. The fourth-order valence-electron chi connectivity index (χ4n) is 2.93. The van der Waals surface area contributed by atoms with Crippen molar-refractivity contribution in [1.82, 2.24) is 4.90 Å². The molecular weight excluding hydrogens is 238 g/mol. The Kier molecular flexibility index (Phi) is 2.64. The van der Waals surface area contributed by atoms with E-state index in [4.69, 9.17) is 0 Å².